The third-order valence-electron chi connectivity index (χ3n) is 5.57. The molecular formula is C27H19ClO. The fraction of sp³-hybridized carbons (Fsp3) is 0.0741. The van der Waals surface area contributed by atoms with Crippen molar-refractivity contribution in [2.24, 2.45) is 0 Å². The molecule has 2 aliphatic rings. The van der Waals surface area contributed by atoms with E-state index in [4.69, 9.17) is 11.6 Å². The van der Waals surface area contributed by atoms with Crippen LogP contribution in [0.4, 0.5) is 0 Å². The molecule has 0 aliphatic heterocycles. The highest BCUT2D eigenvalue weighted by Gasteiger charge is 2.31. The molecule has 0 amide bonds. The maximum Gasteiger partial charge on any atom is 0.194 e. The minimum Gasteiger partial charge on any atom is -0.289 e. The van der Waals surface area contributed by atoms with Crippen LogP contribution in [0.2, 0.25) is 5.02 Å². The van der Waals surface area contributed by atoms with Crippen molar-refractivity contribution in [1.29, 1.82) is 0 Å². The van der Waals surface area contributed by atoms with Gasteiger partial charge in [-0.05, 0) is 58.4 Å². The van der Waals surface area contributed by atoms with Crippen LogP contribution in [-0.2, 0) is 0 Å². The van der Waals surface area contributed by atoms with E-state index in [-0.39, 0.29) is 5.78 Å². The summed E-state index contributed by atoms with van der Waals surface area (Å²) in [7, 11) is 0. The molecule has 0 bridgehead atoms. The van der Waals surface area contributed by atoms with Crippen molar-refractivity contribution in [2.45, 2.75) is 12.8 Å². The number of benzene rings is 3. The zero-order chi connectivity index (χ0) is 19.8. The molecule has 1 nitrogen and oxygen atoms in total. The van der Waals surface area contributed by atoms with Crippen LogP contribution >= 0.6 is 11.6 Å². The molecule has 0 unspecified atom stereocenters. The first-order valence-corrected chi connectivity index (χ1v) is 10.2. The number of Topliss-reactive ketones (excluding diaryl/α,β-unsaturated/α-hetero) is 1. The summed E-state index contributed by atoms with van der Waals surface area (Å²) in [6, 6.07) is 22.4. The number of hydrogen-bond donors (Lipinski definition) is 0. The van der Waals surface area contributed by atoms with Gasteiger partial charge in [0.25, 0.3) is 0 Å². The number of allylic oxidation sites excluding steroid dienone is 6. The lowest BCUT2D eigenvalue weighted by atomic mass is 9.94. The van der Waals surface area contributed by atoms with E-state index >= 15 is 0 Å². The van der Waals surface area contributed by atoms with Gasteiger partial charge < -0.3 is 0 Å². The quantitative estimate of drug-likeness (QED) is 0.439. The number of carbonyl (C=O) groups is 1. The van der Waals surface area contributed by atoms with Gasteiger partial charge in [0.15, 0.2) is 5.78 Å². The predicted molar refractivity (Wildman–Crippen MR) is 121 cm³/mol. The van der Waals surface area contributed by atoms with Crippen molar-refractivity contribution in [3.8, 4) is 22.3 Å². The summed E-state index contributed by atoms with van der Waals surface area (Å²) < 4.78 is 0. The SMILES string of the molecule is O=C1C2=CCC/C=C/C=C2c2cccc(-c3ccc(-c4ccc(Cl)cc4)cc3)c21. The third-order valence-corrected chi connectivity index (χ3v) is 5.82. The van der Waals surface area contributed by atoms with Crippen LogP contribution in [0.1, 0.15) is 28.8 Å². The Morgan fingerprint density at radius 1 is 0.690 bits per heavy atom. The molecule has 3 aromatic carbocycles. The zero-order valence-electron chi connectivity index (χ0n) is 15.9. The first-order chi connectivity index (χ1) is 14.2. The molecule has 2 aliphatic carbocycles. The van der Waals surface area contributed by atoms with Crippen molar-refractivity contribution in [3.63, 3.8) is 0 Å². The highest BCUT2D eigenvalue weighted by molar-refractivity contribution is 6.30. The van der Waals surface area contributed by atoms with Gasteiger partial charge >= 0.3 is 0 Å². The van der Waals surface area contributed by atoms with Crippen molar-refractivity contribution < 1.29 is 4.79 Å². The van der Waals surface area contributed by atoms with Gasteiger partial charge in [-0.1, -0.05) is 90.5 Å². The number of halogens is 1. The molecule has 0 fully saturated rings. The van der Waals surface area contributed by atoms with E-state index < -0.39 is 0 Å². The first kappa shape index (κ1) is 17.9. The van der Waals surface area contributed by atoms with Crippen LogP contribution in [0.3, 0.4) is 0 Å². The minimum atomic E-state index is 0.138. The molecular weight excluding hydrogens is 376 g/mol. The Balaban J connectivity index is 1.58. The molecule has 140 valence electrons. The molecule has 5 rings (SSSR count). The number of ketones is 1. The van der Waals surface area contributed by atoms with E-state index in [9.17, 15) is 4.79 Å². The second kappa shape index (κ2) is 7.35. The molecule has 0 radical (unpaired) electrons. The van der Waals surface area contributed by atoms with Gasteiger partial charge in [0.2, 0.25) is 0 Å². The Morgan fingerprint density at radius 2 is 1.34 bits per heavy atom. The van der Waals surface area contributed by atoms with E-state index in [1.54, 1.807) is 0 Å². The van der Waals surface area contributed by atoms with E-state index in [1.807, 2.05) is 36.4 Å². The summed E-state index contributed by atoms with van der Waals surface area (Å²) in [6.07, 6.45) is 10.2. The second-order valence-electron chi connectivity index (χ2n) is 7.35. The molecule has 0 saturated carbocycles. The van der Waals surface area contributed by atoms with Crippen molar-refractivity contribution in [2.75, 3.05) is 0 Å². The normalized spacial score (nSPS) is 16.2. The predicted octanol–water partition coefficient (Wildman–Crippen LogP) is 7.53. The second-order valence-corrected chi connectivity index (χ2v) is 7.78. The summed E-state index contributed by atoms with van der Waals surface area (Å²) in [4.78, 5) is 13.3. The molecule has 0 saturated heterocycles. The van der Waals surface area contributed by atoms with Gasteiger partial charge in [-0.15, -0.1) is 0 Å². The summed E-state index contributed by atoms with van der Waals surface area (Å²) in [5.41, 5.74) is 8.03. The van der Waals surface area contributed by atoms with Gasteiger partial charge in [0.1, 0.15) is 0 Å². The average molecular weight is 395 g/mol. The van der Waals surface area contributed by atoms with Crippen LogP contribution in [0, 0.1) is 0 Å². The molecule has 0 spiro atoms. The Kier molecular flexibility index (Phi) is 4.54. The molecule has 0 aromatic heterocycles. The number of fused-ring (bicyclic) bond motifs is 3. The monoisotopic (exact) mass is 394 g/mol. The van der Waals surface area contributed by atoms with E-state index in [2.05, 4.69) is 54.6 Å². The highest BCUT2D eigenvalue weighted by Crippen LogP contribution is 2.42. The first-order valence-electron chi connectivity index (χ1n) is 9.84. The van der Waals surface area contributed by atoms with Gasteiger partial charge in [0.05, 0.1) is 0 Å². The molecule has 0 atom stereocenters. The smallest absolute Gasteiger partial charge is 0.194 e. The van der Waals surface area contributed by atoms with E-state index in [1.165, 1.54) is 0 Å². The van der Waals surface area contributed by atoms with Crippen LogP contribution in [0.25, 0.3) is 27.8 Å². The lowest BCUT2D eigenvalue weighted by molar-refractivity contribution is 0.104. The molecule has 2 heteroatoms. The Morgan fingerprint density at radius 3 is 2.10 bits per heavy atom. The fourth-order valence-corrected chi connectivity index (χ4v) is 4.24. The summed E-state index contributed by atoms with van der Waals surface area (Å²) >= 11 is 6.00. The number of rotatable bonds is 2. The van der Waals surface area contributed by atoms with Crippen molar-refractivity contribution in [1.82, 2.24) is 0 Å². The molecule has 0 N–H and O–H groups in total. The maximum absolute atomic E-state index is 13.3. The van der Waals surface area contributed by atoms with Crippen molar-refractivity contribution >= 4 is 23.0 Å². The van der Waals surface area contributed by atoms with Gasteiger partial charge in [0, 0.05) is 16.2 Å². The van der Waals surface area contributed by atoms with Crippen LogP contribution in [0.5, 0.6) is 0 Å². The largest absolute Gasteiger partial charge is 0.289 e. The Bertz CT molecular complexity index is 1190. The summed E-state index contributed by atoms with van der Waals surface area (Å²) in [5, 5.41) is 0.732. The van der Waals surface area contributed by atoms with E-state index in [0.29, 0.717) is 0 Å². The topological polar surface area (TPSA) is 17.1 Å². The number of hydrogen-bond acceptors (Lipinski definition) is 1. The lowest BCUT2D eigenvalue weighted by Crippen LogP contribution is -1.98. The van der Waals surface area contributed by atoms with Crippen molar-refractivity contribution in [3.05, 3.63) is 113 Å². The van der Waals surface area contributed by atoms with Crippen LogP contribution in [-0.4, -0.2) is 5.78 Å². The average Bonchev–Trinajstić information content (AvgIpc) is 2.99. The Labute approximate surface area is 175 Å². The minimum absolute atomic E-state index is 0.138. The summed E-state index contributed by atoms with van der Waals surface area (Å²) in [5.74, 6) is 0.138. The lowest BCUT2D eigenvalue weighted by Gasteiger charge is -2.09. The Hall–Kier alpha value is -3.16. The standard InChI is InChI=1S/C27H19ClO/c28-21-16-14-19(15-17-21)18-10-12-20(13-11-18)22-8-5-9-24-23-6-3-1-2-4-7-25(23)27(29)26(22)24/h1,3,5-17H,2,4H2/b3-1+,23-6?,25-7?. The fourth-order valence-electron chi connectivity index (χ4n) is 4.12. The molecule has 3 aromatic rings. The highest BCUT2D eigenvalue weighted by atomic mass is 35.5. The van der Waals surface area contributed by atoms with E-state index in [0.717, 1.165) is 62.4 Å². The maximum atomic E-state index is 13.3. The molecule has 0 heterocycles. The summed E-state index contributed by atoms with van der Waals surface area (Å²) in [6.45, 7) is 0. The zero-order valence-corrected chi connectivity index (χ0v) is 16.6. The van der Waals surface area contributed by atoms with Crippen LogP contribution < -0.4 is 0 Å². The van der Waals surface area contributed by atoms with Crippen LogP contribution in [0.15, 0.2) is 96.6 Å². The number of carbonyl (C=O) groups excluding carboxylic acids is 1. The molecule has 29 heavy (non-hydrogen) atoms. The van der Waals surface area contributed by atoms with Gasteiger partial charge in [-0.2, -0.15) is 0 Å². The van der Waals surface area contributed by atoms with Gasteiger partial charge in [-0.25, -0.2) is 0 Å². The van der Waals surface area contributed by atoms with Gasteiger partial charge in [-0.3, -0.25) is 4.79 Å². The third kappa shape index (κ3) is 3.18.